The van der Waals surface area contributed by atoms with Gasteiger partial charge in [0.2, 0.25) is 70.8 Å². The number of imidazole rings is 2. The molecule has 0 radical (unpaired) electrons. The fraction of sp³-hybridized carbons (Fsp3) is 0.504. The summed E-state index contributed by atoms with van der Waals surface area (Å²) in [6.45, 7) is 23.7. The standard InChI is InChI=1S/2C16H19N2.C15H18N3.C12H17N2.C11H16N3.C11H18N2P.C11H11N2.C10H15N4.C10H15NP.C9H14N3/c2*1-2-7-14(8-3-1)17-11-16-15-9-5-4-6-13(15)10-18(16)12-17;1-2-7-13(8-3-1)18-11-17-14-9-5-4-6-12(14)10-15(17)16-18;1-2-5-11(6-3-1)14-9-12-7-4-8-13(12)10-14;1-2-5-10(6-3-1)14-9-13-8-4-7-11(13)12-14;1-2-3-4-5-6-12-7-11-8-14-10-13(11)9-12;1-12-7-11-10-5-3-2-4-9(10)6-13(11)8-12;1-2-4-9(5-3-1)14-8-13-7-11-6-10(13)12-14;1-10(2,3)11-7-9-5-4-6-12(9)8-11;1-3-8(2)11-5-9-4-10-6-12(9)7-11/h2*4-6,9-11,14H,1-3,7-8,12H2;4-6,9-10,13H,1-3,7-8,11H2;4,7-9,11H,1-3,5-6,10H2;4,7-8,10H,1-3,5-6,9H2;7-8,10H,2-6,9H2,1H3;2-7H,8H2,1H3;6-7,9H,1-5,8H2;4-7H,8H2,1-3H3;4-6,8H,3,7H2,1-2H3/q10*+1. The van der Waals surface area contributed by atoms with Crippen LogP contribution in [-0.4, -0.2) is 202 Å². The van der Waals surface area contributed by atoms with E-state index < -0.39 is 0 Å². The molecule has 30 rings (SSSR count). The second kappa shape index (κ2) is 47.7. The molecule has 10 aliphatic heterocycles. The number of benzene rings is 4. The Kier molecular flexibility index (Phi) is 32.7. The molecular formula is C121H162N24P2+10. The monoisotopic (exact) mass is 2010 g/mol. The van der Waals surface area contributed by atoms with E-state index in [2.05, 4.69) is 388 Å². The highest BCUT2D eigenvalue weighted by molar-refractivity contribution is 7.50. The summed E-state index contributed by atoms with van der Waals surface area (Å²) in [4.78, 5) is 8.13. The molecule has 4 aromatic carbocycles. The summed E-state index contributed by atoms with van der Waals surface area (Å²) in [6, 6.07) is 54.6. The predicted molar refractivity (Wildman–Crippen MR) is 598 cm³/mol. The molecule has 6 aliphatic carbocycles. The van der Waals surface area contributed by atoms with Crippen molar-refractivity contribution in [3.8, 4) is 0 Å². The van der Waals surface area contributed by atoms with Crippen LogP contribution in [0.15, 0.2) is 228 Å². The molecule has 14 aromatic rings. The Morgan fingerprint density at radius 1 is 0.395 bits per heavy atom. The van der Waals surface area contributed by atoms with E-state index in [1.807, 2.05) is 25.0 Å². The maximum atomic E-state index is 4.81. The van der Waals surface area contributed by atoms with E-state index in [-0.39, 0.29) is 7.53 Å². The van der Waals surface area contributed by atoms with E-state index in [1.165, 1.54) is 323 Å². The Balaban J connectivity index is 0.0000000961. The predicted octanol–water partition coefficient (Wildman–Crippen LogP) is 26.9. The van der Waals surface area contributed by atoms with Crippen molar-refractivity contribution < 1.29 is 46.1 Å². The zero-order valence-corrected chi connectivity index (χ0v) is 90.7. The average Bonchev–Trinajstić information content (AvgIpc) is 1.62. The number of fused-ring (bicyclic) bond motifs is 18. The van der Waals surface area contributed by atoms with Crippen LogP contribution in [-0.2, 0) is 66.3 Å². The topological polar surface area (TPSA) is 137 Å². The van der Waals surface area contributed by atoms with Crippen LogP contribution >= 0.6 is 15.7 Å². The molecule has 0 N–H and O–H groups in total. The van der Waals surface area contributed by atoms with Gasteiger partial charge in [-0.3, -0.25) is 41.1 Å². The first-order chi connectivity index (χ1) is 72.2. The number of para-hydroxylation sites is 1. The van der Waals surface area contributed by atoms with Gasteiger partial charge in [0, 0.05) is 180 Å². The normalized spacial score (nSPS) is 19.3. The summed E-state index contributed by atoms with van der Waals surface area (Å²) in [5, 5.41) is 25.1. The zero-order valence-electron chi connectivity index (χ0n) is 88.9. The molecule has 20 heterocycles. The van der Waals surface area contributed by atoms with Gasteiger partial charge in [0.1, 0.15) is 60.4 Å². The summed E-state index contributed by atoms with van der Waals surface area (Å²) in [6.07, 6.45) is 83.9. The van der Waals surface area contributed by atoms with Crippen LogP contribution in [0.1, 0.15) is 306 Å². The molecule has 0 amide bonds. The molecule has 24 nitrogen and oxygen atoms in total. The van der Waals surface area contributed by atoms with Crippen molar-refractivity contribution in [1.82, 2.24) is 51.1 Å². The molecular weight excluding hydrogens is 1850 g/mol. The lowest BCUT2D eigenvalue weighted by molar-refractivity contribution is -0.645. The minimum absolute atomic E-state index is 0.0543. The Hall–Kier alpha value is -12.0. The lowest BCUT2D eigenvalue weighted by Crippen LogP contribution is -2.30. The molecule has 6 saturated carbocycles. The fourth-order valence-corrected chi connectivity index (χ4v) is 27.6. The van der Waals surface area contributed by atoms with Gasteiger partial charge in [-0.2, -0.15) is 0 Å². The van der Waals surface area contributed by atoms with Crippen molar-refractivity contribution in [1.29, 1.82) is 0 Å². The number of unbranched alkanes of at least 4 members (excludes halogenated alkanes) is 3. The average molecular weight is 2010 g/mol. The van der Waals surface area contributed by atoms with E-state index in [9.17, 15) is 0 Å². The number of rotatable bonds is 13. The Morgan fingerprint density at radius 3 is 1.44 bits per heavy atom. The molecule has 16 aliphatic rings. The van der Waals surface area contributed by atoms with Gasteiger partial charge in [-0.05, 0) is 173 Å². The zero-order chi connectivity index (χ0) is 99.9. The van der Waals surface area contributed by atoms with E-state index >= 15 is 0 Å². The highest BCUT2D eigenvalue weighted by atomic mass is 31.1. The largest absolute Gasteiger partial charge is 0.287 e. The maximum Gasteiger partial charge on any atom is 0.250 e. The summed E-state index contributed by atoms with van der Waals surface area (Å²) in [5.41, 5.74) is 9.72. The van der Waals surface area contributed by atoms with Crippen molar-refractivity contribution in [3.05, 3.63) is 253 Å². The van der Waals surface area contributed by atoms with E-state index in [0.717, 1.165) is 95.6 Å². The summed E-state index contributed by atoms with van der Waals surface area (Å²) < 4.78 is 44.4. The molecule has 766 valence electrons. The molecule has 147 heavy (non-hydrogen) atoms. The molecule has 0 saturated heterocycles. The lowest BCUT2D eigenvalue weighted by Gasteiger charge is -2.18. The van der Waals surface area contributed by atoms with Gasteiger partial charge < -0.3 is 0 Å². The van der Waals surface area contributed by atoms with Crippen LogP contribution in [0.4, 0.5) is 17.5 Å². The quantitative estimate of drug-likeness (QED) is 0.0839. The second-order valence-electron chi connectivity index (χ2n) is 44.9. The summed E-state index contributed by atoms with van der Waals surface area (Å²) in [7, 11) is 3.49. The van der Waals surface area contributed by atoms with Gasteiger partial charge in [0.05, 0.1) is 23.2 Å². The van der Waals surface area contributed by atoms with Gasteiger partial charge >= 0.3 is 0 Å². The van der Waals surface area contributed by atoms with Gasteiger partial charge in [-0.1, -0.05) is 185 Å². The lowest BCUT2D eigenvalue weighted by atomic mass is 9.95. The maximum absolute atomic E-state index is 4.81. The number of hydrogen-bond acceptors (Lipinski definition) is 5. The van der Waals surface area contributed by atoms with Crippen molar-refractivity contribution >= 4 is 120 Å². The van der Waals surface area contributed by atoms with Crippen LogP contribution in [0, 0.1) is 0 Å². The first kappa shape index (κ1) is 101. The smallest absolute Gasteiger partial charge is 0.250 e. The van der Waals surface area contributed by atoms with Crippen LogP contribution in [0.5, 0.6) is 0 Å². The van der Waals surface area contributed by atoms with Gasteiger partial charge in [0.25, 0.3) is 6.67 Å². The van der Waals surface area contributed by atoms with Crippen LogP contribution < -0.4 is 0 Å². The third kappa shape index (κ3) is 24.3. The molecule has 2 atom stereocenters. The Labute approximate surface area is 873 Å². The van der Waals surface area contributed by atoms with Gasteiger partial charge in [-0.15, -0.1) is 0 Å². The highest BCUT2D eigenvalue weighted by Gasteiger charge is 2.39. The van der Waals surface area contributed by atoms with Crippen LogP contribution in [0.25, 0.3) is 43.2 Å². The number of hydrogen-bond donors (Lipinski definition) is 0. The van der Waals surface area contributed by atoms with Crippen molar-refractivity contribution in [2.45, 2.75) is 380 Å². The van der Waals surface area contributed by atoms with E-state index in [0.29, 0.717) is 29.7 Å². The first-order valence-electron chi connectivity index (χ1n) is 56.6. The minimum Gasteiger partial charge on any atom is -0.287 e. The molecule has 6 fully saturated rings. The van der Waals surface area contributed by atoms with Gasteiger partial charge in [0.15, 0.2) is 97.6 Å². The van der Waals surface area contributed by atoms with Crippen LogP contribution in [0.3, 0.4) is 0 Å². The Bertz CT molecular complexity index is 6890. The van der Waals surface area contributed by atoms with Crippen LogP contribution in [0.2, 0.25) is 0 Å². The fourth-order valence-electron chi connectivity index (χ4n) is 24.7. The SMILES string of the molecule is C1=[N+](C2CCCCC2)Cn2cc3ccccc3c21.C1=[N+](C2CCCCC2)Cn2cc3ccccc3c21.C1=[N+](C2CCCCC2)Cn2cccc21.CC(C)(C)[N+]1=Cc2cccp2C1.CCC(C)[N+]1=Cc2cncn2C1.CCCCCC[N+]1=Cc2cpcn2C1.C[N+]1=Cc2c3ccccc3cn2C1.c1cc2n(c1)C[N+](C1CCCCC1)=N2.c1ccc2c(c1)cc1n2C[N+](C2CCCCC2)=N1.c1ncn2c1N=[N+](C1CCCCC1)C2. The van der Waals surface area contributed by atoms with E-state index in [4.69, 9.17) is 5.11 Å². The molecule has 26 heteroatoms. The second-order valence-corrected chi connectivity index (χ2v) is 47.7. The third-order valence-electron chi connectivity index (χ3n) is 33.4. The Morgan fingerprint density at radius 2 is 0.891 bits per heavy atom. The molecule has 0 spiro atoms. The first-order valence-corrected chi connectivity index (χ1v) is 59.2. The van der Waals surface area contributed by atoms with E-state index in [1.54, 1.807) is 5.30 Å². The molecule has 2 unspecified atom stereocenters. The number of nitrogens with zero attached hydrogens (tertiary/aromatic N) is 24. The van der Waals surface area contributed by atoms with Crippen molar-refractivity contribution in [2.24, 2.45) is 15.3 Å². The molecule has 10 aromatic heterocycles. The summed E-state index contributed by atoms with van der Waals surface area (Å²) in [5.74, 6) is 10.1. The van der Waals surface area contributed by atoms with Gasteiger partial charge in [-0.25, -0.2) is 42.0 Å². The highest BCUT2D eigenvalue weighted by Crippen LogP contribution is 2.41. The van der Waals surface area contributed by atoms with Crippen molar-refractivity contribution in [2.75, 3.05) is 13.6 Å². The van der Waals surface area contributed by atoms with Crippen molar-refractivity contribution in [3.63, 3.8) is 0 Å². The minimum atomic E-state index is 0.0543. The summed E-state index contributed by atoms with van der Waals surface area (Å²) >= 11 is 0. The number of aromatic nitrogens is 11. The number of azo groups is 6. The third-order valence-corrected chi connectivity index (χ3v) is 36.3. The molecule has 0 bridgehead atoms.